The molecular formula is C14H25NS. The first kappa shape index (κ1) is 13.7. The Hall–Kier alpha value is -0.340. The van der Waals surface area contributed by atoms with E-state index in [9.17, 15) is 0 Å². The Bertz CT molecular complexity index is 273. The third-order valence-electron chi connectivity index (χ3n) is 3.54. The molecule has 92 valence electrons. The average molecular weight is 239 g/mol. The molecule has 0 aliphatic rings. The van der Waals surface area contributed by atoms with Gasteiger partial charge < -0.3 is 5.32 Å². The molecule has 1 aromatic rings. The summed E-state index contributed by atoms with van der Waals surface area (Å²) in [6.07, 6.45) is 3.71. The van der Waals surface area contributed by atoms with Crippen molar-refractivity contribution in [2.24, 2.45) is 5.41 Å². The standard InChI is InChI=1S/C14H25NS/c1-5-14(6-2,11-15-12(3)4)9-13-7-8-16-10-13/h7-8,10,12,15H,5-6,9,11H2,1-4H3. The van der Waals surface area contributed by atoms with E-state index in [4.69, 9.17) is 0 Å². The van der Waals surface area contributed by atoms with Gasteiger partial charge in [-0.1, -0.05) is 27.7 Å². The first-order chi connectivity index (χ1) is 7.62. The molecule has 1 nitrogen and oxygen atoms in total. The Labute approximate surface area is 104 Å². The molecule has 16 heavy (non-hydrogen) atoms. The maximum Gasteiger partial charge on any atom is 0.00132 e. The largest absolute Gasteiger partial charge is 0.314 e. The van der Waals surface area contributed by atoms with Crippen LogP contribution in [0.2, 0.25) is 0 Å². The normalized spacial score (nSPS) is 12.3. The minimum Gasteiger partial charge on any atom is -0.314 e. The second-order valence-electron chi connectivity index (χ2n) is 5.05. The second-order valence-corrected chi connectivity index (χ2v) is 5.83. The molecule has 0 radical (unpaired) electrons. The topological polar surface area (TPSA) is 12.0 Å². The van der Waals surface area contributed by atoms with Crippen LogP contribution in [0.5, 0.6) is 0 Å². The van der Waals surface area contributed by atoms with Crippen LogP contribution in [0.15, 0.2) is 16.8 Å². The summed E-state index contributed by atoms with van der Waals surface area (Å²) in [6, 6.07) is 2.85. The predicted molar refractivity (Wildman–Crippen MR) is 74.2 cm³/mol. The highest BCUT2D eigenvalue weighted by Crippen LogP contribution is 2.31. The fraction of sp³-hybridized carbons (Fsp3) is 0.714. The number of hydrogen-bond donors (Lipinski definition) is 1. The van der Waals surface area contributed by atoms with Gasteiger partial charge in [-0.05, 0) is 47.1 Å². The SMILES string of the molecule is CCC(CC)(CNC(C)C)Cc1ccsc1. The van der Waals surface area contributed by atoms with Crippen molar-refractivity contribution in [3.05, 3.63) is 22.4 Å². The van der Waals surface area contributed by atoms with E-state index in [2.05, 4.69) is 49.8 Å². The van der Waals surface area contributed by atoms with Gasteiger partial charge in [0.1, 0.15) is 0 Å². The average Bonchev–Trinajstić information content (AvgIpc) is 2.77. The fourth-order valence-corrected chi connectivity index (χ4v) is 2.73. The number of hydrogen-bond acceptors (Lipinski definition) is 2. The summed E-state index contributed by atoms with van der Waals surface area (Å²) in [7, 11) is 0. The van der Waals surface area contributed by atoms with Crippen LogP contribution in [0.4, 0.5) is 0 Å². The maximum atomic E-state index is 3.60. The van der Waals surface area contributed by atoms with Crippen molar-refractivity contribution < 1.29 is 0 Å². The Morgan fingerprint density at radius 2 is 2.00 bits per heavy atom. The van der Waals surface area contributed by atoms with E-state index in [-0.39, 0.29) is 0 Å². The molecule has 0 unspecified atom stereocenters. The summed E-state index contributed by atoms with van der Waals surface area (Å²) >= 11 is 1.81. The van der Waals surface area contributed by atoms with Gasteiger partial charge in [0.15, 0.2) is 0 Å². The summed E-state index contributed by atoms with van der Waals surface area (Å²) in [4.78, 5) is 0. The summed E-state index contributed by atoms with van der Waals surface area (Å²) in [5.41, 5.74) is 1.94. The van der Waals surface area contributed by atoms with E-state index in [0.717, 1.165) is 6.54 Å². The first-order valence-electron chi connectivity index (χ1n) is 6.36. The van der Waals surface area contributed by atoms with Gasteiger partial charge in [0, 0.05) is 12.6 Å². The number of thiophene rings is 1. The first-order valence-corrected chi connectivity index (χ1v) is 7.30. The fourth-order valence-electron chi connectivity index (χ4n) is 2.06. The molecule has 0 atom stereocenters. The Balaban J connectivity index is 2.63. The van der Waals surface area contributed by atoms with Crippen molar-refractivity contribution in [1.82, 2.24) is 5.32 Å². The van der Waals surface area contributed by atoms with Crippen LogP contribution < -0.4 is 5.32 Å². The van der Waals surface area contributed by atoms with Crippen LogP contribution in [0.1, 0.15) is 46.1 Å². The maximum absolute atomic E-state index is 3.60. The lowest BCUT2D eigenvalue weighted by atomic mass is 9.77. The lowest BCUT2D eigenvalue weighted by molar-refractivity contribution is 0.239. The van der Waals surface area contributed by atoms with E-state index in [1.807, 2.05) is 0 Å². The molecule has 0 aliphatic carbocycles. The molecule has 1 N–H and O–H groups in total. The van der Waals surface area contributed by atoms with E-state index < -0.39 is 0 Å². The molecule has 0 amide bonds. The quantitative estimate of drug-likeness (QED) is 0.755. The lowest BCUT2D eigenvalue weighted by Crippen LogP contribution is -2.38. The molecule has 0 spiro atoms. The summed E-state index contributed by atoms with van der Waals surface area (Å²) in [5.74, 6) is 0. The van der Waals surface area contributed by atoms with Crippen molar-refractivity contribution in [3.8, 4) is 0 Å². The van der Waals surface area contributed by atoms with E-state index in [1.54, 1.807) is 11.3 Å². The molecule has 0 saturated heterocycles. The summed E-state index contributed by atoms with van der Waals surface area (Å²) < 4.78 is 0. The van der Waals surface area contributed by atoms with E-state index in [0.29, 0.717) is 11.5 Å². The highest BCUT2D eigenvalue weighted by atomic mass is 32.1. The summed E-state index contributed by atoms with van der Waals surface area (Å²) in [5, 5.41) is 8.07. The molecular weight excluding hydrogens is 214 g/mol. The minimum absolute atomic E-state index is 0.436. The van der Waals surface area contributed by atoms with Crippen LogP contribution in [0.3, 0.4) is 0 Å². The number of rotatable bonds is 7. The van der Waals surface area contributed by atoms with Gasteiger partial charge in [0.2, 0.25) is 0 Å². The van der Waals surface area contributed by atoms with Gasteiger partial charge in [-0.25, -0.2) is 0 Å². The summed E-state index contributed by atoms with van der Waals surface area (Å²) in [6.45, 7) is 10.2. The zero-order valence-corrected chi connectivity index (χ0v) is 11.9. The monoisotopic (exact) mass is 239 g/mol. The molecule has 0 saturated carbocycles. The van der Waals surface area contributed by atoms with E-state index >= 15 is 0 Å². The van der Waals surface area contributed by atoms with Crippen LogP contribution in [0.25, 0.3) is 0 Å². The van der Waals surface area contributed by atoms with Crippen LogP contribution >= 0.6 is 11.3 Å². The van der Waals surface area contributed by atoms with Crippen LogP contribution in [-0.2, 0) is 6.42 Å². The zero-order chi connectivity index (χ0) is 12.0. The van der Waals surface area contributed by atoms with Crippen LogP contribution in [0, 0.1) is 5.41 Å². The van der Waals surface area contributed by atoms with Crippen molar-refractivity contribution in [2.45, 2.75) is 53.0 Å². The molecule has 0 aromatic carbocycles. The van der Waals surface area contributed by atoms with Crippen LogP contribution in [-0.4, -0.2) is 12.6 Å². The third-order valence-corrected chi connectivity index (χ3v) is 4.28. The molecule has 0 aliphatic heterocycles. The molecule has 1 rings (SSSR count). The molecule has 1 aromatic heterocycles. The highest BCUT2D eigenvalue weighted by Gasteiger charge is 2.26. The third kappa shape index (κ3) is 3.91. The second kappa shape index (κ2) is 6.41. The Morgan fingerprint density at radius 1 is 1.31 bits per heavy atom. The lowest BCUT2D eigenvalue weighted by Gasteiger charge is -2.33. The molecule has 2 heteroatoms. The van der Waals surface area contributed by atoms with Gasteiger partial charge in [-0.3, -0.25) is 0 Å². The van der Waals surface area contributed by atoms with Gasteiger partial charge in [-0.2, -0.15) is 11.3 Å². The molecule has 0 bridgehead atoms. The van der Waals surface area contributed by atoms with Crippen molar-refractivity contribution >= 4 is 11.3 Å². The van der Waals surface area contributed by atoms with Crippen molar-refractivity contribution in [3.63, 3.8) is 0 Å². The zero-order valence-electron chi connectivity index (χ0n) is 11.0. The minimum atomic E-state index is 0.436. The smallest absolute Gasteiger partial charge is 0.00132 e. The predicted octanol–water partition coefficient (Wildman–Crippen LogP) is 4.10. The van der Waals surface area contributed by atoms with Gasteiger partial charge in [0.25, 0.3) is 0 Å². The van der Waals surface area contributed by atoms with Gasteiger partial charge >= 0.3 is 0 Å². The van der Waals surface area contributed by atoms with E-state index in [1.165, 1.54) is 24.8 Å². The molecule has 0 fully saturated rings. The molecule has 1 heterocycles. The van der Waals surface area contributed by atoms with Crippen molar-refractivity contribution in [2.75, 3.05) is 6.54 Å². The highest BCUT2D eigenvalue weighted by molar-refractivity contribution is 7.07. The van der Waals surface area contributed by atoms with Crippen molar-refractivity contribution in [1.29, 1.82) is 0 Å². The Morgan fingerprint density at radius 3 is 2.44 bits per heavy atom. The number of nitrogens with one attached hydrogen (secondary N) is 1. The van der Waals surface area contributed by atoms with Gasteiger partial charge in [0.05, 0.1) is 0 Å². The Kier molecular flexibility index (Phi) is 5.50. The van der Waals surface area contributed by atoms with Gasteiger partial charge in [-0.15, -0.1) is 0 Å².